The van der Waals surface area contributed by atoms with Crippen LogP contribution in [0.2, 0.25) is 0 Å². The molecule has 2 N–H and O–H groups in total. The Hall–Kier alpha value is -1.14. The van der Waals surface area contributed by atoms with Gasteiger partial charge in [-0.2, -0.15) is 0 Å². The number of anilines is 1. The highest BCUT2D eigenvalue weighted by Gasteiger charge is 2.27. The third-order valence-electron chi connectivity index (χ3n) is 3.18. The molecule has 0 amide bonds. The Balaban J connectivity index is 2.13. The first-order valence-electron chi connectivity index (χ1n) is 6.73. The van der Waals surface area contributed by atoms with Gasteiger partial charge in [-0.05, 0) is 32.3 Å². The molecule has 5 nitrogen and oxygen atoms in total. The van der Waals surface area contributed by atoms with Crippen LogP contribution < -0.4 is 10.0 Å². The van der Waals surface area contributed by atoms with Gasteiger partial charge in [-0.3, -0.25) is 4.98 Å². The predicted molar refractivity (Wildman–Crippen MR) is 75.5 cm³/mol. The van der Waals surface area contributed by atoms with E-state index in [2.05, 4.69) is 15.0 Å². The highest BCUT2D eigenvalue weighted by atomic mass is 32.2. The lowest BCUT2D eigenvalue weighted by Gasteiger charge is -2.16. The monoisotopic (exact) mass is 283 g/mol. The molecule has 106 valence electrons. The molecule has 1 atom stereocenters. The van der Waals surface area contributed by atoms with E-state index in [1.165, 1.54) is 19.0 Å². The van der Waals surface area contributed by atoms with Crippen LogP contribution in [0.15, 0.2) is 23.4 Å². The van der Waals surface area contributed by atoms with E-state index in [0.717, 1.165) is 6.42 Å². The van der Waals surface area contributed by atoms with E-state index >= 15 is 0 Å². The number of sulfonamides is 1. The topological polar surface area (TPSA) is 71.1 Å². The molecule has 1 aromatic heterocycles. The second-order valence-corrected chi connectivity index (χ2v) is 6.79. The zero-order valence-electron chi connectivity index (χ0n) is 11.4. The van der Waals surface area contributed by atoms with Gasteiger partial charge in [-0.1, -0.05) is 12.8 Å². The minimum absolute atomic E-state index is 0.0350. The van der Waals surface area contributed by atoms with E-state index in [1.54, 1.807) is 12.3 Å². The quantitative estimate of drug-likeness (QED) is 0.802. The third kappa shape index (κ3) is 3.91. The highest BCUT2D eigenvalue weighted by molar-refractivity contribution is 7.89. The maximum absolute atomic E-state index is 12.3. The molecule has 0 bridgehead atoms. The van der Waals surface area contributed by atoms with Gasteiger partial charge in [0.1, 0.15) is 4.90 Å². The molecule has 1 saturated carbocycles. The molecule has 0 radical (unpaired) electrons. The van der Waals surface area contributed by atoms with Crippen LogP contribution in [0.4, 0.5) is 5.69 Å². The van der Waals surface area contributed by atoms with Crippen LogP contribution in [0.1, 0.15) is 33.1 Å². The molecular weight excluding hydrogens is 262 g/mol. The summed E-state index contributed by atoms with van der Waals surface area (Å²) in [5.74, 6) is 0.694. The number of hydrogen-bond donors (Lipinski definition) is 2. The van der Waals surface area contributed by atoms with E-state index in [4.69, 9.17) is 0 Å². The van der Waals surface area contributed by atoms with Gasteiger partial charge in [-0.15, -0.1) is 0 Å². The van der Waals surface area contributed by atoms with E-state index in [0.29, 0.717) is 18.2 Å². The first kappa shape index (κ1) is 14.3. The molecule has 1 unspecified atom stereocenters. The molecule has 0 aromatic carbocycles. The SMILES string of the molecule is CCNc1ccncc1S(=O)(=O)NC(C)CC1CC1. The number of aromatic nitrogens is 1. The van der Waals surface area contributed by atoms with Crippen LogP contribution >= 0.6 is 0 Å². The minimum Gasteiger partial charge on any atom is -0.384 e. The van der Waals surface area contributed by atoms with E-state index < -0.39 is 10.0 Å². The van der Waals surface area contributed by atoms with Gasteiger partial charge in [0.2, 0.25) is 10.0 Å². The third-order valence-corrected chi connectivity index (χ3v) is 4.80. The highest BCUT2D eigenvalue weighted by Crippen LogP contribution is 2.33. The Morgan fingerprint density at radius 3 is 2.84 bits per heavy atom. The molecule has 1 heterocycles. The molecule has 1 aliphatic carbocycles. The zero-order chi connectivity index (χ0) is 13.9. The van der Waals surface area contributed by atoms with Crippen molar-refractivity contribution in [3.05, 3.63) is 18.5 Å². The molecule has 0 aliphatic heterocycles. The van der Waals surface area contributed by atoms with Gasteiger partial charge in [0.15, 0.2) is 0 Å². The predicted octanol–water partition coefficient (Wildman–Crippen LogP) is 1.98. The van der Waals surface area contributed by atoms with Crippen LogP contribution in [-0.2, 0) is 10.0 Å². The Morgan fingerprint density at radius 1 is 1.47 bits per heavy atom. The Labute approximate surface area is 114 Å². The van der Waals surface area contributed by atoms with Gasteiger partial charge >= 0.3 is 0 Å². The van der Waals surface area contributed by atoms with Crippen LogP contribution in [0.5, 0.6) is 0 Å². The number of rotatable bonds is 7. The van der Waals surface area contributed by atoms with Crippen LogP contribution in [0.3, 0.4) is 0 Å². The fourth-order valence-corrected chi connectivity index (χ4v) is 3.54. The average Bonchev–Trinajstić information content (AvgIpc) is 3.13. The number of pyridine rings is 1. The lowest BCUT2D eigenvalue weighted by Crippen LogP contribution is -2.33. The standard InChI is InChI=1S/C13H21N3O2S/c1-3-15-12-6-7-14-9-13(12)19(17,18)16-10(2)8-11-4-5-11/h6-7,9-11,16H,3-5,8H2,1-2H3,(H,14,15). The molecular formula is C13H21N3O2S. The van der Waals surface area contributed by atoms with Gasteiger partial charge in [-0.25, -0.2) is 13.1 Å². The number of nitrogens with zero attached hydrogens (tertiary/aromatic N) is 1. The van der Waals surface area contributed by atoms with E-state index in [1.807, 2.05) is 13.8 Å². The second-order valence-electron chi connectivity index (χ2n) is 5.10. The first-order chi connectivity index (χ1) is 9.03. The van der Waals surface area contributed by atoms with E-state index in [9.17, 15) is 8.42 Å². The molecule has 0 spiro atoms. The molecule has 1 aliphatic rings. The van der Waals surface area contributed by atoms with Gasteiger partial charge < -0.3 is 5.32 Å². The van der Waals surface area contributed by atoms with Crippen LogP contribution in [0, 0.1) is 5.92 Å². The lowest BCUT2D eigenvalue weighted by molar-refractivity contribution is 0.530. The van der Waals surface area contributed by atoms with Crippen molar-refractivity contribution >= 4 is 15.7 Å². The average molecular weight is 283 g/mol. The van der Waals surface area contributed by atoms with E-state index in [-0.39, 0.29) is 10.9 Å². The minimum atomic E-state index is -3.51. The lowest BCUT2D eigenvalue weighted by atomic mass is 10.2. The number of nitrogens with one attached hydrogen (secondary N) is 2. The fourth-order valence-electron chi connectivity index (χ4n) is 2.16. The maximum Gasteiger partial charge on any atom is 0.244 e. The molecule has 2 rings (SSSR count). The molecule has 19 heavy (non-hydrogen) atoms. The fraction of sp³-hybridized carbons (Fsp3) is 0.615. The summed E-state index contributed by atoms with van der Waals surface area (Å²) in [7, 11) is -3.51. The van der Waals surface area contributed by atoms with Crippen molar-refractivity contribution < 1.29 is 8.42 Å². The van der Waals surface area contributed by atoms with Crippen molar-refractivity contribution in [3.63, 3.8) is 0 Å². The zero-order valence-corrected chi connectivity index (χ0v) is 12.2. The molecule has 1 aromatic rings. The summed E-state index contributed by atoms with van der Waals surface area (Å²) in [4.78, 5) is 4.14. The number of hydrogen-bond acceptors (Lipinski definition) is 4. The normalized spacial score (nSPS) is 17.2. The summed E-state index contributed by atoms with van der Waals surface area (Å²) in [6, 6.07) is 1.65. The van der Waals surface area contributed by atoms with Crippen molar-refractivity contribution in [1.82, 2.24) is 9.71 Å². The summed E-state index contributed by atoms with van der Waals surface area (Å²) in [5, 5.41) is 3.05. The summed E-state index contributed by atoms with van der Waals surface area (Å²) < 4.78 is 27.4. The Morgan fingerprint density at radius 2 is 2.21 bits per heavy atom. The maximum atomic E-state index is 12.3. The van der Waals surface area contributed by atoms with Gasteiger partial charge in [0.05, 0.1) is 5.69 Å². The molecule has 1 fully saturated rings. The van der Waals surface area contributed by atoms with Crippen molar-refractivity contribution in [2.24, 2.45) is 5.92 Å². The second kappa shape index (κ2) is 5.88. The summed E-state index contributed by atoms with van der Waals surface area (Å²) >= 11 is 0. The van der Waals surface area contributed by atoms with Crippen molar-refractivity contribution in [1.29, 1.82) is 0 Å². The van der Waals surface area contributed by atoms with Crippen molar-refractivity contribution in [2.45, 2.75) is 44.0 Å². The summed E-state index contributed by atoms with van der Waals surface area (Å²) in [6.45, 7) is 4.52. The van der Waals surface area contributed by atoms with Gasteiger partial charge in [0.25, 0.3) is 0 Å². The van der Waals surface area contributed by atoms with Gasteiger partial charge in [0, 0.05) is 25.0 Å². The van der Waals surface area contributed by atoms with Crippen molar-refractivity contribution in [3.8, 4) is 0 Å². The Kier molecular flexibility index (Phi) is 4.42. The van der Waals surface area contributed by atoms with Crippen LogP contribution in [0.25, 0.3) is 0 Å². The largest absolute Gasteiger partial charge is 0.384 e. The molecule has 6 heteroatoms. The summed E-state index contributed by atoms with van der Waals surface area (Å²) in [6.07, 6.45) is 6.34. The first-order valence-corrected chi connectivity index (χ1v) is 8.21. The molecule has 0 saturated heterocycles. The van der Waals surface area contributed by atoms with Crippen LogP contribution in [-0.4, -0.2) is 26.0 Å². The Bertz CT molecular complexity index is 526. The van der Waals surface area contributed by atoms with Crippen molar-refractivity contribution in [2.75, 3.05) is 11.9 Å². The summed E-state index contributed by atoms with van der Waals surface area (Å²) in [5.41, 5.74) is 0.601. The smallest absolute Gasteiger partial charge is 0.244 e.